The summed E-state index contributed by atoms with van der Waals surface area (Å²) in [5.41, 5.74) is 6.82. The van der Waals surface area contributed by atoms with Crippen LogP contribution >= 0.6 is 11.8 Å². The predicted molar refractivity (Wildman–Crippen MR) is 91.0 cm³/mol. The SMILES string of the molecule is CCn1nccc1Nc1c(C(N)=O)nnc2ccc(SC)cc12. The molecule has 7 nitrogen and oxygen atoms in total. The van der Waals surface area contributed by atoms with E-state index in [4.69, 9.17) is 5.73 Å². The Bertz CT molecular complexity index is 876. The fourth-order valence-corrected chi connectivity index (χ4v) is 2.77. The molecule has 2 aromatic heterocycles. The van der Waals surface area contributed by atoms with E-state index in [-0.39, 0.29) is 5.69 Å². The number of aromatic nitrogens is 4. The van der Waals surface area contributed by atoms with Crippen LogP contribution in [0.1, 0.15) is 17.4 Å². The third kappa shape index (κ3) is 2.85. The van der Waals surface area contributed by atoms with Crippen LogP contribution in [0.4, 0.5) is 11.5 Å². The first-order valence-electron chi connectivity index (χ1n) is 7.07. The zero-order chi connectivity index (χ0) is 16.4. The minimum absolute atomic E-state index is 0.111. The van der Waals surface area contributed by atoms with Crippen LogP contribution < -0.4 is 11.1 Å². The topological polar surface area (TPSA) is 98.7 Å². The van der Waals surface area contributed by atoms with E-state index in [9.17, 15) is 4.79 Å². The lowest BCUT2D eigenvalue weighted by Crippen LogP contribution is -2.17. The quantitative estimate of drug-likeness (QED) is 0.698. The molecular weight excluding hydrogens is 312 g/mol. The first-order chi connectivity index (χ1) is 11.1. The molecule has 1 aromatic carbocycles. The maximum atomic E-state index is 11.8. The standard InChI is InChI=1S/C15H16N6OS/c1-3-21-12(6-7-17-21)18-13-10-8-9(23-2)4-5-11(10)19-20-14(13)15(16)22/h4-8H,3H2,1-2H3,(H2,16,22)(H,18,19). The van der Waals surface area contributed by atoms with Gasteiger partial charge in [-0.25, -0.2) is 4.68 Å². The molecule has 0 aliphatic carbocycles. The second kappa shape index (κ2) is 6.25. The summed E-state index contributed by atoms with van der Waals surface area (Å²) in [6.07, 6.45) is 3.68. The number of nitrogens with zero attached hydrogens (tertiary/aromatic N) is 4. The highest BCUT2D eigenvalue weighted by atomic mass is 32.2. The largest absolute Gasteiger partial charge is 0.364 e. The minimum atomic E-state index is -0.626. The van der Waals surface area contributed by atoms with Crippen LogP contribution in [0, 0.1) is 0 Å². The summed E-state index contributed by atoms with van der Waals surface area (Å²) in [6, 6.07) is 7.64. The van der Waals surface area contributed by atoms with Crippen molar-refractivity contribution in [2.24, 2.45) is 5.73 Å². The lowest BCUT2D eigenvalue weighted by atomic mass is 10.1. The molecule has 8 heteroatoms. The van der Waals surface area contributed by atoms with Crippen LogP contribution in [0.15, 0.2) is 35.4 Å². The Kier molecular flexibility index (Phi) is 4.16. The lowest BCUT2D eigenvalue weighted by Gasteiger charge is -2.13. The molecule has 3 rings (SSSR count). The van der Waals surface area contributed by atoms with Crippen LogP contribution in [-0.2, 0) is 6.54 Å². The van der Waals surface area contributed by atoms with Crippen molar-refractivity contribution in [2.75, 3.05) is 11.6 Å². The monoisotopic (exact) mass is 328 g/mol. The molecule has 0 aliphatic rings. The zero-order valence-corrected chi connectivity index (χ0v) is 13.6. The van der Waals surface area contributed by atoms with Gasteiger partial charge < -0.3 is 11.1 Å². The van der Waals surface area contributed by atoms with Crippen LogP contribution in [0.3, 0.4) is 0 Å². The molecule has 0 spiro atoms. The van der Waals surface area contributed by atoms with Crippen molar-refractivity contribution >= 4 is 40.1 Å². The van der Waals surface area contributed by atoms with Gasteiger partial charge in [0.05, 0.1) is 17.4 Å². The van der Waals surface area contributed by atoms with Crippen molar-refractivity contribution in [2.45, 2.75) is 18.4 Å². The van der Waals surface area contributed by atoms with Crippen LogP contribution in [0.2, 0.25) is 0 Å². The van der Waals surface area contributed by atoms with E-state index in [1.54, 1.807) is 22.6 Å². The Labute approximate surface area is 137 Å². The van der Waals surface area contributed by atoms with Crippen molar-refractivity contribution in [3.05, 3.63) is 36.2 Å². The van der Waals surface area contributed by atoms with Crippen molar-refractivity contribution in [3.8, 4) is 0 Å². The molecule has 0 saturated carbocycles. The maximum absolute atomic E-state index is 11.8. The number of rotatable bonds is 5. The third-order valence-corrected chi connectivity index (χ3v) is 4.20. The zero-order valence-electron chi connectivity index (χ0n) is 12.8. The molecule has 2 heterocycles. The second-order valence-corrected chi connectivity index (χ2v) is 5.71. The molecule has 23 heavy (non-hydrogen) atoms. The number of thioether (sulfide) groups is 1. The molecule has 0 unspecified atom stereocenters. The van der Waals surface area contributed by atoms with Gasteiger partial charge in [-0.3, -0.25) is 4.79 Å². The predicted octanol–water partition coefficient (Wildman–Crippen LogP) is 2.41. The van der Waals surface area contributed by atoms with E-state index in [0.717, 1.165) is 16.1 Å². The normalized spacial score (nSPS) is 10.9. The smallest absolute Gasteiger partial charge is 0.271 e. The Morgan fingerprint density at radius 1 is 1.35 bits per heavy atom. The van der Waals surface area contributed by atoms with E-state index in [1.807, 2.05) is 37.4 Å². The van der Waals surface area contributed by atoms with Crippen LogP contribution in [-0.4, -0.2) is 32.1 Å². The van der Waals surface area contributed by atoms with Gasteiger partial charge in [-0.15, -0.1) is 22.0 Å². The highest BCUT2D eigenvalue weighted by Gasteiger charge is 2.17. The molecule has 0 atom stereocenters. The number of hydrogen-bond acceptors (Lipinski definition) is 6. The maximum Gasteiger partial charge on any atom is 0.271 e. The number of primary amides is 1. The fraction of sp³-hybridized carbons (Fsp3) is 0.200. The van der Waals surface area contributed by atoms with Gasteiger partial charge in [0.1, 0.15) is 5.82 Å². The van der Waals surface area contributed by atoms with E-state index >= 15 is 0 Å². The number of nitrogens with two attached hydrogens (primary N) is 1. The average molecular weight is 328 g/mol. The van der Waals surface area contributed by atoms with E-state index < -0.39 is 5.91 Å². The first kappa shape index (κ1) is 15.3. The number of nitrogens with one attached hydrogen (secondary N) is 1. The molecule has 0 fully saturated rings. The number of anilines is 2. The van der Waals surface area contributed by atoms with E-state index in [2.05, 4.69) is 20.6 Å². The number of benzene rings is 1. The van der Waals surface area contributed by atoms with Crippen molar-refractivity contribution < 1.29 is 4.79 Å². The Hall–Kier alpha value is -2.61. The van der Waals surface area contributed by atoms with Gasteiger partial charge in [0.25, 0.3) is 5.91 Å². The molecule has 0 bridgehead atoms. The van der Waals surface area contributed by atoms with Crippen molar-refractivity contribution in [1.82, 2.24) is 20.0 Å². The highest BCUT2D eigenvalue weighted by molar-refractivity contribution is 7.98. The van der Waals surface area contributed by atoms with Gasteiger partial charge in [0.15, 0.2) is 5.69 Å². The molecular formula is C15H16N6OS. The second-order valence-electron chi connectivity index (χ2n) is 4.83. The fourth-order valence-electron chi connectivity index (χ4n) is 2.33. The summed E-state index contributed by atoms with van der Waals surface area (Å²) in [5.74, 6) is 0.137. The number of carbonyl (C=O) groups excluding carboxylic acids is 1. The van der Waals surface area contributed by atoms with E-state index in [1.165, 1.54) is 0 Å². The van der Waals surface area contributed by atoms with Crippen molar-refractivity contribution in [1.29, 1.82) is 0 Å². The van der Waals surface area contributed by atoms with Crippen molar-refractivity contribution in [3.63, 3.8) is 0 Å². The lowest BCUT2D eigenvalue weighted by molar-refractivity contribution is 0.0995. The molecule has 0 radical (unpaired) electrons. The molecule has 1 amide bonds. The van der Waals surface area contributed by atoms with Crippen LogP contribution in [0.25, 0.3) is 10.9 Å². The van der Waals surface area contributed by atoms with Gasteiger partial charge in [-0.1, -0.05) is 0 Å². The van der Waals surface area contributed by atoms with Gasteiger partial charge in [-0.2, -0.15) is 5.10 Å². The molecule has 0 aliphatic heterocycles. The first-order valence-corrected chi connectivity index (χ1v) is 8.29. The van der Waals surface area contributed by atoms with Crippen LogP contribution in [0.5, 0.6) is 0 Å². The molecule has 118 valence electrons. The molecule has 0 saturated heterocycles. The number of hydrogen-bond donors (Lipinski definition) is 2. The summed E-state index contributed by atoms with van der Waals surface area (Å²) < 4.78 is 1.79. The highest BCUT2D eigenvalue weighted by Crippen LogP contribution is 2.30. The third-order valence-electron chi connectivity index (χ3n) is 3.47. The summed E-state index contributed by atoms with van der Waals surface area (Å²) in [5, 5.41) is 16.3. The van der Waals surface area contributed by atoms with E-state index in [0.29, 0.717) is 17.7 Å². The Balaban J connectivity index is 2.21. The number of amides is 1. The van der Waals surface area contributed by atoms with Gasteiger partial charge in [0.2, 0.25) is 0 Å². The Morgan fingerprint density at radius 2 is 2.17 bits per heavy atom. The van der Waals surface area contributed by atoms with Gasteiger partial charge in [-0.05, 0) is 31.4 Å². The summed E-state index contributed by atoms with van der Waals surface area (Å²) >= 11 is 1.61. The average Bonchev–Trinajstić information content (AvgIpc) is 3.01. The molecule has 3 N–H and O–H groups in total. The summed E-state index contributed by atoms with van der Waals surface area (Å²) in [6.45, 7) is 2.69. The Morgan fingerprint density at radius 3 is 2.87 bits per heavy atom. The van der Waals surface area contributed by atoms with Gasteiger partial charge in [0, 0.05) is 22.9 Å². The minimum Gasteiger partial charge on any atom is -0.364 e. The number of carbonyl (C=O) groups is 1. The number of aryl methyl sites for hydroxylation is 1. The summed E-state index contributed by atoms with van der Waals surface area (Å²) in [4.78, 5) is 12.8. The van der Waals surface area contributed by atoms with Gasteiger partial charge >= 0.3 is 0 Å². The molecule has 3 aromatic rings. The summed E-state index contributed by atoms with van der Waals surface area (Å²) in [7, 11) is 0. The number of fused-ring (bicyclic) bond motifs is 1.